The van der Waals surface area contributed by atoms with Gasteiger partial charge in [0, 0.05) is 11.6 Å². The molecule has 2 unspecified atom stereocenters. The van der Waals surface area contributed by atoms with Crippen LogP contribution in [0.25, 0.3) is 22.0 Å². The molecule has 0 aliphatic carbocycles. The van der Waals surface area contributed by atoms with Gasteiger partial charge in [0.2, 0.25) is 0 Å². The van der Waals surface area contributed by atoms with Gasteiger partial charge in [0.25, 0.3) is 0 Å². The summed E-state index contributed by atoms with van der Waals surface area (Å²) in [6.07, 6.45) is 12.9. The standard InChI is InChI=1S/C44H30N4.Co/c1-5-13-29(14-6-1)41-33-21-23-35(45-33)42(30-15-7-2-8-16-30)37-25-27-39(47-37)44(32-19-11-4-12-20-32)40-28-26-38(48-40)43(31-17-9-3-10-18-31)36-24-22-34(41)46-36;/h1-28,33,41H;/q-2;+2/b42-35-,43-36-,44-39-;. The predicted octanol–water partition coefficient (Wildman–Crippen LogP) is 9.70. The molecule has 1 radical (unpaired) electrons. The second kappa shape index (κ2) is 13.0. The zero-order valence-corrected chi connectivity index (χ0v) is 27.5. The van der Waals surface area contributed by atoms with E-state index in [1.54, 1.807) is 0 Å². The number of aromatic nitrogens is 1. The third-order valence-corrected chi connectivity index (χ3v) is 9.22. The second-order valence-electron chi connectivity index (χ2n) is 12.2. The average molecular weight is 674 g/mol. The van der Waals surface area contributed by atoms with Gasteiger partial charge in [-0.05, 0) is 63.3 Å². The van der Waals surface area contributed by atoms with Crippen molar-refractivity contribution in [3.05, 3.63) is 226 Å². The van der Waals surface area contributed by atoms with Crippen molar-refractivity contribution in [3.63, 3.8) is 0 Å². The first-order valence-corrected chi connectivity index (χ1v) is 16.3. The maximum atomic E-state index is 5.43. The molecular weight excluding hydrogens is 643 g/mol. The maximum absolute atomic E-state index is 5.43. The van der Waals surface area contributed by atoms with Crippen LogP contribution in [0.5, 0.6) is 0 Å². The number of hydrogen-bond acceptors (Lipinski definition) is 2. The van der Waals surface area contributed by atoms with Gasteiger partial charge in [-0.1, -0.05) is 152 Å². The smallest absolute Gasteiger partial charge is 0.677 e. The van der Waals surface area contributed by atoms with Crippen molar-refractivity contribution < 1.29 is 16.8 Å². The fraction of sp³-hybridized carbons (Fsp3) is 0.0455. The van der Waals surface area contributed by atoms with Crippen LogP contribution < -0.4 is 4.98 Å². The van der Waals surface area contributed by atoms with Crippen LogP contribution in [0, 0.1) is 0 Å². The van der Waals surface area contributed by atoms with E-state index in [0.29, 0.717) is 0 Å². The molecule has 5 heteroatoms. The minimum Gasteiger partial charge on any atom is -0.677 e. The molecule has 8 bridgehead atoms. The van der Waals surface area contributed by atoms with Gasteiger partial charge in [-0.3, -0.25) is 4.99 Å². The molecule has 5 aromatic rings. The number of benzene rings is 4. The number of nitrogens with zero attached hydrogens (tertiary/aromatic N) is 4. The first-order valence-electron chi connectivity index (χ1n) is 16.3. The largest absolute Gasteiger partial charge is 2.00 e. The van der Waals surface area contributed by atoms with E-state index in [0.717, 1.165) is 73.3 Å². The Kier molecular flexibility index (Phi) is 8.13. The number of aliphatic imine (C=N–C) groups is 2. The second-order valence-corrected chi connectivity index (χ2v) is 12.2. The number of fused-ring (bicyclic) bond motifs is 6. The van der Waals surface area contributed by atoms with E-state index < -0.39 is 0 Å². The molecule has 49 heavy (non-hydrogen) atoms. The quantitative estimate of drug-likeness (QED) is 0.188. The summed E-state index contributed by atoms with van der Waals surface area (Å²) in [5.41, 5.74) is 13.7. The van der Waals surface area contributed by atoms with Crippen LogP contribution in [-0.4, -0.2) is 17.5 Å². The van der Waals surface area contributed by atoms with Crippen LogP contribution in [0.2, 0.25) is 0 Å². The Hall–Kier alpha value is -5.75. The third-order valence-electron chi connectivity index (χ3n) is 9.22. The van der Waals surface area contributed by atoms with Crippen LogP contribution in [0.15, 0.2) is 197 Å². The van der Waals surface area contributed by atoms with Gasteiger partial charge >= 0.3 is 16.8 Å². The number of allylic oxidation sites excluding steroid dienone is 6. The topological polar surface area (TPSA) is 52.9 Å². The minimum atomic E-state index is -0.138. The molecule has 0 amide bonds. The van der Waals surface area contributed by atoms with E-state index in [4.69, 9.17) is 20.3 Å². The van der Waals surface area contributed by atoms with Crippen LogP contribution in [0.4, 0.5) is 0 Å². The predicted molar refractivity (Wildman–Crippen MR) is 197 cm³/mol. The molecule has 0 saturated heterocycles. The summed E-state index contributed by atoms with van der Waals surface area (Å²) < 4.78 is 0. The van der Waals surface area contributed by atoms with E-state index in [9.17, 15) is 0 Å². The van der Waals surface area contributed by atoms with Crippen LogP contribution in [0.1, 0.15) is 39.6 Å². The molecule has 4 aliphatic heterocycles. The van der Waals surface area contributed by atoms with E-state index in [-0.39, 0.29) is 28.7 Å². The minimum absolute atomic E-state index is 0. The molecule has 4 aromatic carbocycles. The Bertz CT molecular complexity index is 2280. The van der Waals surface area contributed by atoms with Crippen molar-refractivity contribution in [2.75, 3.05) is 0 Å². The van der Waals surface area contributed by atoms with Gasteiger partial charge in [0.05, 0.1) is 17.1 Å². The zero-order valence-electron chi connectivity index (χ0n) is 26.4. The van der Waals surface area contributed by atoms with Gasteiger partial charge in [-0.2, -0.15) is 0 Å². The molecule has 0 saturated carbocycles. The van der Waals surface area contributed by atoms with Gasteiger partial charge in [0.15, 0.2) is 0 Å². The van der Waals surface area contributed by atoms with Gasteiger partial charge in [-0.25, -0.2) is 4.99 Å². The Morgan fingerprint density at radius 2 is 0.980 bits per heavy atom. The molecule has 0 spiro atoms. The third kappa shape index (κ3) is 5.63. The summed E-state index contributed by atoms with van der Waals surface area (Å²) in [7, 11) is 0. The summed E-state index contributed by atoms with van der Waals surface area (Å²) >= 11 is 0. The molecule has 4 aliphatic rings. The van der Waals surface area contributed by atoms with Crippen molar-refractivity contribution in [1.29, 1.82) is 0 Å². The number of rotatable bonds is 4. The van der Waals surface area contributed by atoms with Crippen molar-refractivity contribution in [3.8, 4) is 0 Å². The Balaban J connectivity index is 0.00000348. The molecule has 5 heterocycles. The fourth-order valence-electron chi connectivity index (χ4n) is 7.04. The van der Waals surface area contributed by atoms with E-state index in [2.05, 4.69) is 152 Å². The molecular formula is C44H30CoN4. The average Bonchev–Trinajstić information content (AvgIpc) is 3.98. The molecule has 2 atom stereocenters. The molecule has 235 valence electrons. The Labute approximate surface area is 296 Å². The Morgan fingerprint density at radius 1 is 0.469 bits per heavy atom. The fourth-order valence-corrected chi connectivity index (χ4v) is 7.04. The molecule has 1 aromatic heterocycles. The van der Waals surface area contributed by atoms with Crippen molar-refractivity contribution in [2.24, 2.45) is 9.98 Å². The SMILES string of the molecule is C1=C/C2=C(\c3ccccc3)c3ccc([n-]3)/C(c3ccccc3)=C3/C=CC(=N3)C(c3ccccc3)C3C=C/C(=C(\c4ccccc4)C1=N2)[N-]3.[Co+2]. The Morgan fingerprint density at radius 3 is 1.57 bits per heavy atom. The summed E-state index contributed by atoms with van der Waals surface area (Å²) in [6.45, 7) is 0. The first-order chi connectivity index (χ1) is 23.8. The van der Waals surface area contributed by atoms with Gasteiger partial charge < -0.3 is 10.3 Å². The zero-order chi connectivity index (χ0) is 31.9. The van der Waals surface area contributed by atoms with Crippen LogP contribution in [0.3, 0.4) is 0 Å². The summed E-state index contributed by atoms with van der Waals surface area (Å²) in [5, 5.41) is 5.43. The van der Waals surface area contributed by atoms with E-state index >= 15 is 0 Å². The van der Waals surface area contributed by atoms with Crippen molar-refractivity contribution >= 4 is 28.1 Å². The van der Waals surface area contributed by atoms with E-state index in [1.165, 1.54) is 5.56 Å². The first kappa shape index (κ1) is 30.6. The summed E-state index contributed by atoms with van der Waals surface area (Å²) in [4.78, 5) is 16.0. The molecule has 0 fully saturated rings. The van der Waals surface area contributed by atoms with Gasteiger partial charge in [0.1, 0.15) is 0 Å². The monoisotopic (exact) mass is 673 g/mol. The van der Waals surface area contributed by atoms with E-state index in [1.807, 2.05) is 18.2 Å². The molecule has 4 nitrogen and oxygen atoms in total. The summed E-state index contributed by atoms with van der Waals surface area (Å²) in [5.74, 6) is -0.0694. The van der Waals surface area contributed by atoms with Gasteiger partial charge in [-0.15, -0.1) is 17.1 Å². The maximum Gasteiger partial charge on any atom is 2.00 e. The molecule has 0 N–H and O–H groups in total. The van der Waals surface area contributed by atoms with Crippen molar-refractivity contribution in [2.45, 2.75) is 12.0 Å². The van der Waals surface area contributed by atoms with Crippen LogP contribution >= 0.6 is 0 Å². The number of hydrogen-bond donors (Lipinski definition) is 0. The molecule has 9 rings (SSSR count). The van der Waals surface area contributed by atoms with Crippen molar-refractivity contribution in [1.82, 2.24) is 4.98 Å². The van der Waals surface area contributed by atoms with Crippen LogP contribution in [-0.2, 0) is 16.8 Å². The normalized spacial score (nSPS) is 23.6. The summed E-state index contributed by atoms with van der Waals surface area (Å²) in [6, 6.07) is 46.0.